The van der Waals surface area contributed by atoms with Gasteiger partial charge in [0.2, 0.25) is 0 Å². The van der Waals surface area contributed by atoms with Crippen molar-refractivity contribution in [1.29, 1.82) is 0 Å². The molecule has 2 N–H and O–H groups in total. The molecule has 0 amide bonds. The van der Waals surface area contributed by atoms with Crippen LogP contribution >= 0.6 is 11.3 Å². The molecule has 0 bridgehead atoms. The van der Waals surface area contributed by atoms with Gasteiger partial charge in [-0.3, -0.25) is 0 Å². The molecule has 0 saturated heterocycles. The van der Waals surface area contributed by atoms with Crippen molar-refractivity contribution in [3.05, 3.63) is 39.3 Å². The molecule has 1 atom stereocenters. The largest absolute Gasteiger partial charge is 0.493 e. The topological polar surface area (TPSA) is 57.4 Å². The lowest BCUT2D eigenvalue weighted by atomic mass is 9.99. The van der Waals surface area contributed by atoms with Gasteiger partial charge in [0, 0.05) is 17.3 Å². The number of thiazole rings is 1. The van der Waals surface area contributed by atoms with Crippen LogP contribution in [0.5, 0.6) is 11.5 Å². The molecule has 1 unspecified atom stereocenters. The molecule has 4 nitrogen and oxygen atoms in total. The van der Waals surface area contributed by atoms with Crippen molar-refractivity contribution in [2.75, 3.05) is 20.3 Å². The van der Waals surface area contributed by atoms with E-state index in [1.54, 1.807) is 18.4 Å². The van der Waals surface area contributed by atoms with E-state index in [9.17, 15) is 0 Å². The first kappa shape index (κ1) is 16.8. The van der Waals surface area contributed by atoms with Gasteiger partial charge in [-0.15, -0.1) is 11.3 Å². The van der Waals surface area contributed by atoms with Gasteiger partial charge in [0.05, 0.1) is 24.4 Å². The molecule has 1 aromatic carbocycles. The van der Waals surface area contributed by atoms with E-state index in [1.165, 1.54) is 10.4 Å². The van der Waals surface area contributed by atoms with E-state index in [2.05, 4.69) is 18.0 Å². The summed E-state index contributed by atoms with van der Waals surface area (Å²) in [5.74, 6) is 1.78. The molecule has 0 aliphatic heterocycles. The van der Waals surface area contributed by atoms with Crippen LogP contribution in [-0.4, -0.2) is 25.2 Å². The van der Waals surface area contributed by atoms with Crippen LogP contribution < -0.4 is 15.2 Å². The smallest absolute Gasteiger partial charge is 0.161 e. The molecular formula is C17H24N2O2S. The summed E-state index contributed by atoms with van der Waals surface area (Å²) in [5, 5.41) is 1.12. The number of rotatable bonds is 7. The van der Waals surface area contributed by atoms with E-state index < -0.39 is 0 Å². The van der Waals surface area contributed by atoms with Crippen molar-refractivity contribution in [2.24, 2.45) is 5.73 Å². The summed E-state index contributed by atoms with van der Waals surface area (Å²) in [6.07, 6.45) is 0.853. The highest BCUT2D eigenvalue weighted by Gasteiger charge is 2.17. The van der Waals surface area contributed by atoms with Gasteiger partial charge in [0.1, 0.15) is 0 Å². The number of hydrogen-bond donors (Lipinski definition) is 1. The van der Waals surface area contributed by atoms with E-state index in [0.29, 0.717) is 13.2 Å². The molecule has 120 valence electrons. The van der Waals surface area contributed by atoms with Gasteiger partial charge >= 0.3 is 0 Å². The minimum atomic E-state index is 0.236. The zero-order valence-electron chi connectivity index (χ0n) is 13.7. The summed E-state index contributed by atoms with van der Waals surface area (Å²) in [6.45, 7) is 7.32. The molecule has 0 saturated carbocycles. The number of aryl methyl sites for hydroxylation is 2. The average Bonchev–Trinajstić information content (AvgIpc) is 2.85. The Hall–Kier alpha value is -1.59. The fourth-order valence-electron chi connectivity index (χ4n) is 2.34. The van der Waals surface area contributed by atoms with Crippen LogP contribution in [0, 0.1) is 13.8 Å². The van der Waals surface area contributed by atoms with Crippen LogP contribution in [0.25, 0.3) is 0 Å². The van der Waals surface area contributed by atoms with E-state index in [0.717, 1.165) is 28.6 Å². The average molecular weight is 320 g/mol. The standard InChI is InChI=1S/C17H24N2O2S/c1-5-21-15-7-6-13(9-16(15)20-4)8-14(10-18)17-19-11(2)12(3)22-17/h6-7,9,14H,5,8,10,18H2,1-4H3. The number of benzene rings is 1. The Bertz CT molecular complexity index is 606. The van der Waals surface area contributed by atoms with Crippen LogP contribution in [0.1, 0.15) is 34.0 Å². The zero-order valence-corrected chi connectivity index (χ0v) is 14.5. The lowest BCUT2D eigenvalue weighted by Gasteiger charge is -2.14. The molecule has 0 aliphatic rings. The Morgan fingerprint density at radius 3 is 2.59 bits per heavy atom. The zero-order chi connectivity index (χ0) is 16.1. The number of aromatic nitrogens is 1. The van der Waals surface area contributed by atoms with Gasteiger partial charge in [-0.25, -0.2) is 4.98 Å². The Labute approximate surface area is 136 Å². The first-order valence-corrected chi connectivity index (χ1v) is 8.34. The lowest BCUT2D eigenvalue weighted by molar-refractivity contribution is 0.310. The van der Waals surface area contributed by atoms with E-state index >= 15 is 0 Å². The second-order valence-corrected chi connectivity index (χ2v) is 6.48. The summed E-state index contributed by atoms with van der Waals surface area (Å²) >= 11 is 1.74. The second-order valence-electron chi connectivity index (χ2n) is 5.25. The minimum absolute atomic E-state index is 0.236. The Kier molecular flexibility index (Phi) is 5.80. The third kappa shape index (κ3) is 3.78. The molecule has 0 spiro atoms. The molecule has 2 aromatic rings. The quantitative estimate of drug-likeness (QED) is 0.849. The van der Waals surface area contributed by atoms with Crippen molar-refractivity contribution in [2.45, 2.75) is 33.1 Å². The molecule has 0 fully saturated rings. The highest BCUT2D eigenvalue weighted by Crippen LogP contribution is 2.31. The molecule has 0 radical (unpaired) electrons. The highest BCUT2D eigenvalue weighted by molar-refractivity contribution is 7.11. The molecule has 5 heteroatoms. The van der Waals surface area contributed by atoms with E-state index in [4.69, 9.17) is 15.2 Å². The van der Waals surface area contributed by atoms with Crippen molar-refractivity contribution < 1.29 is 9.47 Å². The van der Waals surface area contributed by atoms with Crippen molar-refractivity contribution >= 4 is 11.3 Å². The second kappa shape index (κ2) is 7.61. The lowest BCUT2D eigenvalue weighted by Crippen LogP contribution is -2.15. The summed E-state index contributed by atoms with van der Waals surface area (Å²) in [5.41, 5.74) is 8.25. The Morgan fingerprint density at radius 2 is 2.05 bits per heavy atom. The fourth-order valence-corrected chi connectivity index (χ4v) is 3.38. The monoisotopic (exact) mass is 320 g/mol. The van der Waals surface area contributed by atoms with Crippen LogP contribution in [0.15, 0.2) is 18.2 Å². The van der Waals surface area contributed by atoms with Crippen molar-refractivity contribution in [3.63, 3.8) is 0 Å². The van der Waals surface area contributed by atoms with Gasteiger partial charge in [-0.1, -0.05) is 6.07 Å². The summed E-state index contributed by atoms with van der Waals surface area (Å²) in [7, 11) is 1.66. The van der Waals surface area contributed by atoms with Gasteiger partial charge in [-0.2, -0.15) is 0 Å². The molecule has 1 aromatic heterocycles. The van der Waals surface area contributed by atoms with Gasteiger partial charge in [0.15, 0.2) is 11.5 Å². The first-order valence-electron chi connectivity index (χ1n) is 7.52. The van der Waals surface area contributed by atoms with Crippen molar-refractivity contribution in [1.82, 2.24) is 4.98 Å². The number of nitrogens with zero attached hydrogens (tertiary/aromatic N) is 1. The molecule has 0 aliphatic carbocycles. The molecule has 1 heterocycles. The van der Waals surface area contributed by atoms with Gasteiger partial charge < -0.3 is 15.2 Å². The predicted molar refractivity (Wildman–Crippen MR) is 91.3 cm³/mol. The highest BCUT2D eigenvalue weighted by atomic mass is 32.1. The van der Waals surface area contributed by atoms with Crippen molar-refractivity contribution in [3.8, 4) is 11.5 Å². The number of ether oxygens (including phenoxy) is 2. The SMILES string of the molecule is CCOc1ccc(CC(CN)c2nc(C)c(C)s2)cc1OC. The van der Waals surface area contributed by atoms with E-state index in [1.807, 2.05) is 26.0 Å². The van der Waals surface area contributed by atoms with E-state index in [-0.39, 0.29) is 5.92 Å². The molecule has 2 rings (SSSR count). The third-order valence-corrected chi connectivity index (χ3v) is 4.92. The number of nitrogens with two attached hydrogens (primary N) is 1. The normalized spacial score (nSPS) is 12.2. The Morgan fingerprint density at radius 1 is 1.27 bits per heavy atom. The van der Waals surface area contributed by atoms with Crippen LogP contribution in [0.2, 0.25) is 0 Å². The molecular weight excluding hydrogens is 296 g/mol. The number of methoxy groups -OCH3 is 1. The van der Waals surface area contributed by atoms with Crippen LogP contribution in [-0.2, 0) is 6.42 Å². The van der Waals surface area contributed by atoms with Crippen LogP contribution in [0.4, 0.5) is 0 Å². The number of hydrogen-bond acceptors (Lipinski definition) is 5. The maximum absolute atomic E-state index is 5.97. The van der Waals surface area contributed by atoms with Gasteiger partial charge in [-0.05, 0) is 44.9 Å². The summed E-state index contributed by atoms with van der Waals surface area (Å²) in [4.78, 5) is 5.91. The predicted octanol–water partition coefficient (Wildman–Crippen LogP) is 3.45. The fraction of sp³-hybridized carbons (Fsp3) is 0.471. The summed E-state index contributed by atoms with van der Waals surface area (Å²) < 4.78 is 11.0. The van der Waals surface area contributed by atoms with Crippen LogP contribution in [0.3, 0.4) is 0 Å². The molecule has 22 heavy (non-hydrogen) atoms. The maximum Gasteiger partial charge on any atom is 0.161 e. The summed E-state index contributed by atoms with van der Waals surface area (Å²) in [6, 6.07) is 6.06. The minimum Gasteiger partial charge on any atom is -0.493 e. The Balaban J connectivity index is 2.20. The maximum atomic E-state index is 5.97. The van der Waals surface area contributed by atoms with Gasteiger partial charge in [0.25, 0.3) is 0 Å². The third-order valence-electron chi connectivity index (χ3n) is 3.69. The first-order chi connectivity index (χ1) is 10.6.